The minimum absolute atomic E-state index is 0.229. The number of hydrazine groups is 1. The summed E-state index contributed by atoms with van der Waals surface area (Å²) in [5.74, 6) is 5.64. The third kappa shape index (κ3) is 4.46. The van der Waals surface area contributed by atoms with Crippen LogP contribution in [0.4, 0.5) is 9.18 Å². The number of rotatable bonds is 5. The zero-order valence-corrected chi connectivity index (χ0v) is 12.1. The summed E-state index contributed by atoms with van der Waals surface area (Å²) in [4.78, 5) is 10.8. The number of halogens is 1. The largest absolute Gasteiger partial charge is 0.457 e. The number of benzene rings is 2. The Bertz CT molecular complexity index is 644. The Kier molecular flexibility index (Phi) is 5.32. The first-order valence-corrected chi connectivity index (χ1v) is 6.75. The third-order valence-corrected chi connectivity index (χ3v) is 3.04. The van der Waals surface area contributed by atoms with Crippen LogP contribution >= 0.6 is 0 Å². The van der Waals surface area contributed by atoms with Gasteiger partial charge in [-0.15, -0.1) is 0 Å². The van der Waals surface area contributed by atoms with Gasteiger partial charge >= 0.3 is 6.09 Å². The van der Waals surface area contributed by atoms with Crippen molar-refractivity contribution in [1.29, 1.82) is 0 Å². The Hall–Kier alpha value is -2.60. The highest BCUT2D eigenvalue weighted by atomic mass is 19.1. The van der Waals surface area contributed by atoms with E-state index >= 15 is 0 Å². The maximum atomic E-state index is 13.4. The van der Waals surface area contributed by atoms with Crippen molar-refractivity contribution in [3.8, 4) is 11.5 Å². The molecule has 2 aromatic carbocycles. The summed E-state index contributed by atoms with van der Waals surface area (Å²) in [5.41, 5.74) is 3.44. The van der Waals surface area contributed by atoms with Gasteiger partial charge < -0.3 is 9.47 Å². The second kappa shape index (κ2) is 7.42. The van der Waals surface area contributed by atoms with E-state index in [1.54, 1.807) is 31.2 Å². The zero-order valence-electron chi connectivity index (χ0n) is 12.1. The van der Waals surface area contributed by atoms with Crippen LogP contribution in [0.5, 0.6) is 11.5 Å². The number of amides is 1. The topological polar surface area (TPSA) is 73.6 Å². The molecule has 0 bridgehead atoms. The summed E-state index contributed by atoms with van der Waals surface area (Å²) in [6.07, 6.45) is -0.103. The molecule has 6 heteroatoms. The highest BCUT2D eigenvalue weighted by molar-refractivity contribution is 5.66. The van der Waals surface area contributed by atoms with Crippen molar-refractivity contribution in [1.82, 2.24) is 5.43 Å². The maximum Gasteiger partial charge on any atom is 0.421 e. The van der Waals surface area contributed by atoms with E-state index in [1.807, 2.05) is 17.6 Å². The van der Waals surface area contributed by atoms with Crippen molar-refractivity contribution in [2.24, 2.45) is 5.84 Å². The van der Waals surface area contributed by atoms with E-state index in [0.717, 1.165) is 5.56 Å². The molecular weight excluding hydrogens is 287 g/mol. The van der Waals surface area contributed by atoms with E-state index < -0.39 is 6.09 Å². The second-order valence-electron chi connectivity index (χ2n) is 4.69. The maximum absolute atomic E-state index is 13.4. The lowest BCUT2D eigenvalue weighted by Crippen LogP contribution is -2.31. The number of nitrogens with two attached hydrogens (primary N) is 1. The number of aryl methyl sites for hydroxylation is 1. The van der Waals surface area contributed by atoms with E-state index in [4.69, 9.17) is 15.3 Å². The average molecular weight is 304 g/mol. The fourth-order valence-corrected chi connectivity index (χ4v) is 1.80. The lowest BCUT2D eigenvalue weighted by Gasteiger charge is -2.08. The number of hydrogen-bond acceptors (Lipinski definition) is 4. The van der Waals surface area contributed by atoms with Crippen molar-refractivity contribution in [2.75, 3.05) is 6.61 Å². The molecule has 1 amide bonds. The van der Waals surface area contributed by atoms with Crippen molar-refractivity contribution in [3.05, 3.63) is 59.4 Å². The summed E-state index contributed by atoms with van der Waals surface area (Å²) < 4.78 is 23.8. The molecule has 3 N–H and O–H groups in total. The van der Waals surface area contributed by atoms with Gasteiger partial charge in [-0.2, -0.15) is 0 Å². The van der Waals surface area contributed by atoms with Gasteiger partial charge in [-0.25, -0.2) is 15.0 Å². The SMILES string of the molecule is Cc1ccc(Oc2ccc(CCOC(=O)NN)cc2)cc1F. The molecule has 0 aromatic heterocycles. The molecule has 0 fully saturated rings. The summed E-state index contributed by atoms with van der Waals surface area (Å²) in [7, 11) is 0. The van der Waals surface area contributed by atoms with E-state index in [1.165, 1.54) is 6.07 Å². The molecule has 0 spiro atoms. The molecule has 0 aliphatic carbocycles. The Balaban J connectivity index is 1.91. The second-order valence-corrected chi connectivity index (χ2v) is 4.69. The number of nitrogens with one attached hydrogen (secondary N) is 1. The van der Waals surface area contributed by atoms with Gasteiger partial charge in [-0.1, -0.05) is 18.2 Å². The molecule has 2 rings (SSSR count). The van der Waals surface area contributed by atoms with Crippen LogP contribution in [0.3, 0.4) is 0 Å². The van der Waals surface area contributed by atoms with Crippen LogP contribution in [0.15, 0.2) is 42.5 Å². The molecule has 2 aromatic rings. The van der Waals surface area contributed by atoms with Gasteiger partial charge in [-0.3, -0.25) is 5.43 Å². The lowest BCUT2D eigenvalue weighted by atomic mass is 10.1. The first-order valence-electron chi connectivity index (χ1n) is 6.75. The lowest BCUT2D eigenvalue weighted by molar-refractivity contribution is 0.147. The minimum atomic E-state index is -0.665. The van der Waals surface area contributed by atoms with Crippen LogP contribution in [0.25, 0.3) is 0 Å². The predicted octanol–water partition coefficient (Wildman–Crippen LogP) is 3.07. The van der Waals surface area contributed by atoms with Gasteiger partial charge in [-0.05, 0) is 36.2 Å². The molecule has 0 heterocycles. The van der Waals surface area contributed by atoms with E-state index in [2.05, 4.69) is 0 Å². The Morgan fingerprint density at radius 2 is 1.86 bits per heavy atom. The van der Waals surface area contributed by atoms with Crippen molar-refractivity contribution in [3.63, 3.8) is 0 Å². The van der Waals surface area contributed by atoms with Crippen LogP contribution in [0.2, 0.25) is 0 Å². The van der Waals surface area contributed by atoms with Crippen LogP contribution in [0, 0.1) is 12.7 Å². The van der Waals surface area contributed by atoms with Crippen LogP contribution in [0.1, 0.15) is 11.1 Å². The monoisotopic (exact) mass is 304 g/mol. The van der Waals surface area contributed by atoms with E-state index in [0.29, 0.717) is 23.5 Å². The normalized spacial score (nSPS) is 10.1. The first-order chi connectivity index (χ1) is 10.6. The summed E-state index contributed by atoms with van der Waals surface area (Å²) >= 11 is 0. The average Bonchev–Trinajstić information content (AvgIpc) is 2.52. The summed E-state index contributed by atoms with van der Waals surface area (Å²) in [5, 5.41) is 0. The summed E-state index contributed by atoms with van der Waals surface area (Å²) in [6.45, 7) is 1.92. The van der Waals surface area contributed by atoms with Gasteiger partial charge in [0.2, 0.25) is 0 Å². The van der Waals surface area contributed by atoms with Crippen molar-refractivity contribution in [2.45, 2.75) is 13.3 Å². The predicted molar refractivity (Wildman–Crippen MR) is 80.0 cm³/mol. The van der Waals surface area contributed by atoms with Crippen molar-refractivity contribution >= 4 is 6.09 Å². The molecule has 0 saturated heterocycles. The molecule has 0 unspecified atom stereocenters. The van der Waals surface area contributed by atoms with Crippen molar-refractivity contribution < 1.29 is 18.7 Å². The molecular formula is C16H17FN2O3. The Morgan fingerprint density at radius 3 is 2.50 bits per heavy atom. The molecule has 116 valence electrons. The number of hydrogen-bond donors (Lipinski definition) is 2. The van der Waals surface area contributed by atoms with Crippen LogP contribution in [-0.2, 0) is 11.2 Å². The molecule has 0 saturated carbocycles. The molecule has 0 atom stereocenters. The van der Waals surface area contributed by atoms with E-state index in [-0.39, 0.29) is 12.4 Å². The number of ether oxygens (including phenoxy) is 2. The minimum Gasteiger partial charge on any atom is -0.457 e. The van der Waals surface area contributed by atoms with Gasteiger partial charge in [0.05, 0.1) is 6.61 Å². The van der Waals surface area contributed by atoms with Gasteiger partial charge in [0.25, 0.3) is 0 Å². The molecule has 0 aliphatic rings. The fraction of sp³-hybridized carbons (Fsp3) is 0.188. The standard InChI is InChI=1S/C16H17FN2O3/c1-11-2-5-14(10-15(11)17)22-13-6-3-12(4-7-13)8-9-21-16(20)19-18/h2-7,10H,8-9,18H2,1H3,(H,19,20). The Morgan fingerprint density at radius 1 is 1.18 bits per heavy atom. The van der Waals surface area contributed by atoms with E-state index in [9.17, 15) is 9.18 Å². The fourth-order valence-electron chi connectivity index (χ4n) is 1.80. The molecule has 5 nitrogen and oxygen atoms in total. The first kappa shape index (κ1) is 15.8. The number of carbonyl (C=O) groups excluding carboxylic acids is 1. The summed E-state index contributed by atoms with van der Waals surface area (Å²) in [6, 6.07) is 12.0. The van der Waals surface area contributed by atoms with Gasteiger partial charge in [0.1, 0.15) is 17.3 Å². The Labute approximate surface area is 127 Å². The van der Waals surface area contributed by atoms with Gasteiger partial charge in [0, 0.05) is 12.5 Å². The zero-order chi connectivity index (χ0) is 15.9. The van der Waals surface area contributed by atoms with Gasteiger partial charge in [0.15, 0.2) is 0 Å². The van der Waals surface area contributed by atoms with Crippen LogP contribution in [-0.4, -0.2) is 12.7 Å². The quantitative estimate of drug-likeness (QED) is 0.506. The highest BCUT2D eigenvalue weighted by Crippen LogP contribution is 2.23. The molecule has 22 heavy (non-hydrogen) atoms. The number of carbonyl (C=O) groups is 1. The highest BCUT2D eigenvalue weighted by Gasteiger charge is 2.03. The third-order valence-electron chi connectivity index (χ3n) is 3.04. The smallest absolute Gasteiger partial charge is 0.421 e. The molecule has 0 radical (unpaired) electrons. The van der Waals surface area contributed by atoms with Crippen LogP contribution < -0.4 is 16.0 Å². The molecule has 0 aliphatic heterocycles.